The number of carbonyl (C=O) groups is 4. The zero-order valence-electron chi connectivity index (χ0n) is 13.8. The van der Waals surface area contributed by atoms with Crippen LogP contribution >= 0.6 is 0 Å². The summed E-state index contributed by atoms with van der Waals surface area (Å²) in [5.41, 5.74) is -3.00. The van der Waals surface area contributed by atoms with Crippen molar-refractivity contribution in [3.05, 3.63) is 0 Å². The molecule has 24 heavy (non-hydrogen) atoms. The summed E-state index contributed by atoms with van der Waals surface area (Å²) in [4.78, 5) is 43.7. The maximum atomic E-state index is 11.7. The first kappa shape index (κ1) is 24.8. The molecule has 0 amide bonds. The number of carboxylic acids is 3. The van der Waals surface area contributed by atoms with Gasteiger partial charge in [0.2, 0.25) is 0 Å². The molecule has 0 aromatic heterocycles. The Balaban J connectivity index is 0. The zero-order chi connectivity index (χ0) is 18.4. The average Bonchev–Trinajstić information content (AvgIpc) is 2.22. The third kappa shape index (κ3) is 10.4. The van der Waals surface area contributed by atoms with Gasteiger partial charge in [0.15, 0.2) is 6.10 Å². The second-order valence-electron chi connectivity index (χ2n) is 6.21. The molecule has 0 radical (unpaired) electrons. The summed E-state index contributed by atoms with van der Waals surface area (Å²) >= 11 is 0. The molecule has 11 heteroatoms. The van der Waals surface area contributed by atoms with Crippen molar-refractivity contribution in [3.8, 4) is 0 Å². The van der Waals surface area contributed by atoms with Crippen molar-refractivity contribution >= 4 is 46.9 Å². The predicted octanol–water partition coefficient (Wildman–Crippen LogP) is -5.63. The van der Waals surface area contributed by atoms with Crippen molar-refractivity contribution in [3.63, 3.8) is 0 Å². The molecular formula is C13H19MgNO9. The van der Waals surface area contributed by atoms with E-state index in [1.165, 1.54) is 0 Å². The SMILES string of the molecule is C[N+](C)(C)C[C@@H](CC(=O)[O-])OC(=O)CC(O)(CC(=O)[O-])C(=O)[O-].[Mg+2]. The Hall–Kier alpha value is -1.43. The molecule has 0 aliphatic rings. The molecule has 1 unspecified atom stereocenters. The third-order valence-electron chi connectivity index (χ3n) is 2.70. The Morgan fingerprint density at radius 2 is 1.54 bits per heavy atom. The number of esters is 1. The van der Waals surface area contributed by atoms with Crippen molar-refractivity contribution in [1.29, 1.82) is 0 Å². The zero-order valence-corrected chi connectivity index (χ0v) is 15.2. The van der Waals surface area contributed by atoms with Gasteiger partial charge in [-0.25, -0.2) is 0 Å². The van der Waals surface area contributed by atoms with Crippen LogP contribution in [0.2, 0.25) is 0 Å². The number of quaternary nitrogens is 1. The summed E-state index contributed by atoms with van der Waals surface area (Å²) in [5, 5.41) is 41.6. The van der Waals surface area contributed by atoms with Gasteiger partial charge in [0.1, 0.15) is 12.1 Å². The van der Waals surface area contributed by atoms with Crippen LogP contribution in [0.3, 0.4) is 0 Å². The van der Waals surface area contributed by atoms with Gasteiger partial charge in [-0.1, -0.05) is 0 Å². The number of carbonyl (C=O) groups excluding carboxylic acids is 4. The number of ether oxygens (including phenoxy) is 1. The minimum atomic E-state index is -3.00. The fraction of sp³-hybridized carbons (Fsp3) is 0.692. The second kappa shape index (κ2) is 9.76. The molecule has 0 aromatic rings. The molecule has 2 atom stereocenters. The number of carboxylic acid groups (broad SMARTS) is 3. The van der Waals surface area contributed by atoms with Crippen LogP contribution in [0.1, 0.15) is 19.3 Å². The summed E-state index contributed by atoms with van der Waals surface area (Å²) in [6.45, 7) is 0.0734. The van der Waals surface area contributed by atoms with Gasteiger partial charge in [-0.3, -0.25) is 4.79 Å². The fourth-order valence-electron chi connectivity index (χ4n) is 1.85. The van der Waals surface area contributed by atoms with E-state index in [4.69, 9.17) is 4.74 Å². The summed E-state index contributed by atoms with van der Waals surface area (Å²) in [7, 11) is 5.09. The number of hydrogen-bond donors (Lipinski definition) is 1. The van der Waals surface area contributed by atoms with Gasteiger partial charge in [-0.15, -0.1) is 0 Å². The molecule has 0 rings (SSSR count). The van der Waals surface area contributed by atoms with E-state index >= 15 is 0 Å². The molecule has 1 N–H and O–H groups in total. The average molecular weight is 358 g/mol. The number of likely N-dealkylation sites (N-methyl/N-ethyl adjacent to an activating group) is 1. The van der Waals surface area contributed by atoms with E-state index in [1.54, 1.807) is 21.1 Å². The van der Waals surface area contributed by atoms with Gasteiger partial charge in [0.25, 0.3) is 0 Å². The molecule has 132 valence electrons. The second-order valence-corrected chi connectivity index (χ2v) is 6.21. The van der Waals surface area contributed by atoms with Crippen LogP contribution in [-0.2, 0) is 23.9 Å². The van der Waals surface area contributed by atoms with E-state index in [0.29, 0.717) is 0 Å². The first-order chi connectivity index (χ1) is 10.2. The largest absolute Gasteiger partial charge is 2.00 e. The number of aliphatic hydroxyl groups is 1. The third-order valence-corrected chi connectivity index (χ3v) is 2.70. The van der Waals surface area contributed by atoms with E-state index in [-0.39, 0.29) is 34.1 Å². The monoisotopic (exact) mass is 357 g/mol. The summed E-state index contributed by atoms with van der Waals surface area (Å²) in [5.74, 6) is -6.84. The van der Waals surface area contributed by atoms with Crippen LogP contribution in [0.4, 0.5) is 0 Å². The maximum Gasteiger partial charge on any atom is 2.00 e. The predicted molar refractivity (Wildman–Crippen MR) is 72.4 cm³/mol. The number of aliphatic carboxylic acids is 3. The molecule has 0 bridgehead atoms. The molecule has 0 saturated carbocycles. The Labute approximate surface area is 154 Å². The first-order valence-electron chi connectivity index (χ1n) is 6.58. The van der Waals surface area contributed by atoms with Crippen molar-refractivity contribution < 1.29 is 48.8 Å². The molecule has 0 spiro atoms. The summed E-state index contributed by atoms with van der Waals surface area (Å²) in [6, 6.07) is 0. The van der Waals surface area contributed by atoms with E-state index in [0.717, 1.165) is 0 Å². The standard InChI is InChI=1S/C13H21NO9.Mg/c1-14(2,3)7-8(4-9(15)16)23-11(19)6-13(22,12(20)21)5-10(17)18;/h8,22H,4-7H2,1-3H3,(H2-,15,16,17,18,20,21);/q;+2/p-2/t8-,13?;/m1./s1. The van der Waals surface area contributed by atoms with Gasteiger partial charge in [0, 0.05) is 24.8 Å². The van der Waals surface area contributed by atoms with E-state index in [2.05, 4.69) is 0 Å². The minimum Gasteiger partial charge on any atom is -0.550 e. The van der Waals surface area contributed by atoms with Gasteiger partial charge < -0.3 is 44.0 Å². The van der Waals surface area contributed by atoms with Crippen LogP contribution in [0.15, 0.2) is 0 Å². The van der Waals surface area contributed by atoms with E-state index < -0.39 is 54.8 Å². The van der Waals surface area contributed by atoms with Gasteiger partial charge in [0.05, 0.1) is 33.5 Å². The smallest absolute Gasteiger partial charge is 0.550 e. The van der Waals surface area contributed by atoms with Gasteiger partial charge in [-0.05, 0) is 0 Å². The number of hydrogen-bond acceptors (Lipinski definition) is 9. The van der Waals surface area contributed by atoms with Crippen LogP contribution in [0, 0.1) is 0 Å². The van der Waals surface area contributed by atoms with Crippen molar-refractivity contribution in [2.24, 2.45) is 0 Å². The van der Waals surface area contributed by atoms with Crippen molar-refractivity contribution in [2.45, 2.75) is 31.0 Å². The fourth-order valence-corrected chi connectivity index (χ4v) is 1.85. The van der Waals surface area contributed by atoms with Crippen molar-refractivity contribution in [2.75, 3.05) is 27.7 Å². The maximum absolute atomic E-state index is 11.7. The quantitative estimate of drug-likeness (QED) is 0.227. The number of nitrogens with zero attached hydrogens (tertiary/aromatic N) is 1. The minimum absolute atomic E-state index is 0. The van der Waals surface area contributed by atoms with Crippen LogP contribution in [0.5, 0.6) is 0 Å². The molecule has 0 saturated heterocycles. The number of rotatable bonds is 10. The van der Waals surface area contributed by atoms with Crippen LogP contribution in [-0.4, -0.2) is 95.9 Å². The Morgan fingerprint density at radius 3 is 1.88 bits per heavy atom. The molecule has 0 aliphatic carbocycles. The summed E-state index contributed by atoms with van der Waals surface area (Å²) < 4.78 is 5.06. The van der Waals surface area contributed by atoms with Gasteiger partial charge >= 0.3 is 29.0 Å². The van der Waals surface area contributed by atoms with E-state index in [1.807, 2.05) is 0 Å². The van der Waals surface area contributed by atoms with E-state index in [9.17, 15) is 39.6 Å². The van der Waals surface area contributed by atoms with Crippen molar-refractivity contribution in [1.82, 2.24) is 0 Å². The topological polar surface area (TPSA) is 167 Å². The molecule has 0 heterocycles. The Bertz CT molecular complexity index is 488. The molecule has 0 aliphatic heterocycles. The molecular weight excluding hydrogens is 338 g/mol. The normalized spacial score (nSPS) is 14.7. The summed E-state index contributed by atoms with van der Waals surface area (Å²) in [6.07, 6.45) is -4.36. The van der Waals surface area contributed by atoms with Crippen LogP contribution < -0.4 is 15.3 Å². The van der Waals surface area contributed by atoms with Gasteiger partial charge in [-0.2, -0.15) is 0 Å². The Kier molecular flexibility index (Phi) is 10.1. The Morgan fingerprint density at radius 1 is 1.04 bits per heavy atom. The van der Waals surface area contributed by atoms with Crippen LogP contribution in [0.25, 0.3) is 0 Å². The molecule has 10 nitrogen and oxygen atoms in total. The molecule has 0 fully saturated rings. The first-order valence-corrected chi connectivity index (χ1v) is 6.58. The molecule has 0 aromatic carbocycles.